The first-order valence-electron chi connectivity index (χ1n) is 6.37. The Morgan fingerprint density at radius 2 is 2.00 bits per heavy atom. The van der Waals surface area contributed by atoms with Crippen LogP contribution >= 0.6 is 0 Å². The van der Waals surface area contributed by atoms with Gasteiger partial charge in [0.2, 0.25) is 0 Å². The highest BCUT2D eigenvalue weighted by atomic mass is 16.5. The van der Waals surface area contributed by atoms with Crippen LogP contribution in [0.1, 0.15) is 30.0 Å². The predicted molar refractivity (Wildman–Crippen MR) is 71.3 cm³/mol. The lowest BCUT2D eigenvalue weighted by Gasteiger charge is -2.05. The van der Waals surface area contributed by atoms with Crippen molar-refractivity contribution in [1.82, 2.24) is 14.8 Å². The van der Waals surface area contributed by atoms with E-state index >= 15 is 0 Å². The maximum Gasteiger partial charge on any atom is 0.170 e. The van der Waals surface area contributed by atoms with Gasteiger partial charge >= 0.3 is 0 Å². The van der Waals surface area contributed by atoms with Crippen LogP contribution < -0.4 is 4.74 Å². The fraction of sp³-hybridized carbons (Fsp3) is 0.357. The van der Waals surface area contributed by atoms with Crippen LogP contribution in [0.4, 0.5) is 0 Å². The van der Waals surface area contributed by atoms with E-state index in [1.54, 1.807) is 28.9 Å². The Labute approximate surface area is 112 Å². The molecule has 0 aliphatic heterocycles. The van der Waals surface area contributed by atoms with Crippen LogP contribution in [0, 0.1) is 0 Å². The average Bonchev–Trinajstić information content (AvgIpc) is 2.87. The molecule has 1 aromatic heterocycles. The molecule has 100 valence electrons. The Hall–Kier alpha value is -2.17. The van der Waals surface area contributed by atoms with Gasteiger partial charge in [-0.25, -0.2) is 9.67 Å². The van der Waals surface area contributed by atoms with Crippen molar-refractivity contribution in [2.24, 2.45) is 0 Å². The van der Waals surface area contributed by atoms with Gasteiger partial charge < -0.3 is 4.74 Å². The monoisotopic (exact) mass is 259 g/mol. The number of nitrogens with zero attached hydrogens (tertiary/aromatic N) is 3. The van der Waals surface area contributed by atoms with Crippen molar-refractivity contribution in [1.29, 1.82) is 0 Å². The van der Waals surface area contributed by atoms with E-state index in [1.165, 1.54) is 6.33 Å². The van der Waals surface area contributed by atoms with E-state index in [0.717, 1.165) is 5.75 Å². The van der Waals surface area contributed by atoms with Crippen molar-refractivity contribution < 1.29 is 9.53 Å². The average molecular weight is 259 g/mol. The molecule has 5 nitrogen and oxygen atoms in total. The largest absolute Gasteiger partial charge is 0.494 e. The van der Waals surface area contributed by atoms with Gasteiger partial charge in [0.25, 0.3) is 0 Å². The second-order valence-corrected chi connectivity index (χ2v) is 4.05. The summed E-state index contributed by atoms with van der Waals surface area (Å²) in [5.41, 5.74) is 0.661. The zero-order chi connectivity index (χ0) is 13.7. The number of benzene rings is 1. The van der Waals surface area contributed by atoms with Gasteiger partial charge in [-0.15, -0.1) is 0 Å². The van der Waals surface area contributed by atoms with Gasteiger partial charge in [0.05, 0.1) is 13.0 Å². The number of aromatic nitrogens is 3. The Morgan fingerprint density at radius 3 is 2.63 bits per heavy atom. The molecule has 0 bridgehead atoms. The van der Waals surface area contributed by atoms with Crippen LogP contribution in [-0.2, 0) is 13.0 Å². The number of carbonyl (C=O) groups is 1. The molecular weight excluding hydrogens is 242 g/mol. The fourth-order valence-electron chi connectivity index (χ4n) is 1.84. The van der Waals surface area contributed by atoms with Crippen LogP contribution in [0.5, 0.6) is 5.75 Å². The number of ether oxygens (including phenoxy) is 1. The van der Waals surface area contributed by atoms with Gasteiger partial charge in [-0.2, -0.15) is 5.10 Å². The lowest BCUT2D eigenvalue weighted by atomic mass is 10.1. The van der Waals surface area contributed by atoms with Gasteiger partial charge in [-0.05, 0) is 38.1 Å². The molecule has 19 heavy (non-hydrogen) atoms. The zero-order valence-corrected chi connectivity index (χ0v) is 11.2. The number of hydrogen-bond donors (Lipinski definition) is 0. The summed E-state index contributed by atoms with van der Waals surface area (Å²) >= 11 is 0. The predicted octanol–water partition coefficient (Wildman–Crippen LogP) is 2.12. The molecule has 0 fully saturated rings. The number of rotatable bonds is 6. The van der Waals surface area contributed by atoms with Crippen molar-refractivity contribution in [3.05, 3.63) is 42.0 Å². The molecule has 0 saturated heterocycles. The number of ketones is 1. The third-order valence-electron chi connectivity index (χ3n) is 2.80. The summed E-state index contributed by atoms with van der Waals surface area (Å²) in [4.78, 5) is 16.2. The first kappa shape index (κ1) is 13.3. The summed E-state index contributed by atoms with van der Waals surface area (Å²) in [6.07, 6.45) is 1.74. The maximum absolute atomic E-state index is 12.1. The summed E-state index contributed by atoms with van der Waals surface area (Å²) in [5.74, 6) is 1.50. The number of hydrogen-bond acceptors (Lipinski definition) is 4. The molecular formula is C14H17N3O2. The van der Waals surface area contributed by atoms with Gasteiger partial charge in [0.1, 0.15) is 17.9 Å². The summed E-state index contributed by atoms with van der Waals surface area (Å²) in [6, 6.07) is 7.17. The Balaban J connectivity index is 2.07. The van der Waals surface area contributed by atoms with E-state index in [2.05, 4.69) is 10.1 Å². The minimum absolute atomic E-state index is 0.0331. The molecule has 1 heterocycles. The van der Waals surface area contributed by atoms with E-state index in [9.17, 15) is 4.79 Å². The minimum Gasteiger partial charge on any atom is -0.494 e. The van der Waals surface area contributed by atoms with Crippen LogP contribution in [0.25, 0.3) is 0 Å². The molecule has 0 unspecified atom stereocenters. The normalized spacial score (nSPS) is 10.4. The number of carbonyl (C=O) groups excluding carboxylic acids is 1. The van der Waals surface area contributed by atoms with Gasteiger partial charge in [0.15, 0.2) is 5.78 Å². The quantitative estimate of drug-likeness (QED) is 0.746. The molecule has 0 aliphatic carbocycles. The SMILES string of the molecule is CCOc1ccc(C(=O)Cc2ncnn2CC)cc1. The standard InChI is InChI=1S/C14H17N3O2/c1-3-17-14(15-10-16-17)9-13(18)11-5-7-12(8-6-11)19-4-2/h5-8,10H,3-4,9H2,1-2H3. The van der Waals surface area contributed by atoms with Crippen LogP contribution in [0.3, 0.4) is 0 Å². The Kier molecular flexibility index (Phi) is 4.28. The highest BCUT2D eigenvalue weighted by Gasteiger charge is 2.11. The van der Waals surface area contributed by atoms with Crippen LogP contribution in [0.2, 0.25) is 0 Å². The van der Waals surface area contributed by atoms with E-state index in [4.69, 9.17) is 4.74 Å². The van der Waals surface area contributed by atoms with Crippen molar-refractivity contribution in [2.45, 2.75) is 26.8 Å². The Bertz CT molecular complexity index is 546. The summed E-state index contributed by atoms with van der Waals surface area (Å²) in [7, 11) is 0. The third kappa shape index (κ3) is 3.19. The van der Waals surface area contributed by atoms with Crippen molar-refractivity contribution in [3.63, 3.8) is 0 Å². The number of aryl methyl sites for hydroxylation is 1. The molecule has 0 amide bonds. The molecule has 1 aromatic carbocycles. The minimum atomic E-state index is 0.0331. The zero-order valence-electron chi connectivity index (χ0n) is 11.2. The second-order valence-electron chi connectivity index (χ2n) is 4.05. The molecule has 0 N–H and O–H groups in total. The van der Waals surface area contributed by atoms with Gasteiger partial charge in [0, 0.05) is 12.1 Å². The molecule has 0 atom stereocenters. The van der Waals surface area contributed by atoms with Gasteiger partial charge in [-0.3, -0.25) is 4.79 Å². The Morgan fingerprint density at radius 1 is 1.26 bits per heavy atom. The topological polar surface area (TPSA) is 57.0 Å². The van der Waals surface area contributed by atoms with E-state index < -0.39 is 0 Å². The molecule has 0 radical (unpaired) electrons. The van der Waals surface area contributed by atoms with Crippen LogP contribution in [-0.4, -0.2) is 27.2 Å². The van der Waals surface area contributed by atoms with Crippen molar-refractivity contribution >= 4 is 5.78 Å². The van der Waals surface area contributed by atoms with Crippen LogP contribution in [0.15, 0.2) is 30.6 Å². The van der Waals surface area contributed by atoms with E-state index in [1.807, 2.05) is 13.8 Å². The summed E-state index contributed by atoms with van der Waals surface area (Å²) < 4.78 is 7.07. The maximum atomic E-state index is 12.1. The molecule has 5 heteroatoms. The first-order chi connectivity index (χ1) is 9.24. The first-order valence-corrected chi connectivity index (χ1v) is 6.37. The lowest BCUT2D eigenvalue weighted by Crippen LogP contribution is -2.10. The van der Waals surface area contributed by atoms with E-state index in [-0.39, 0.29) is 12.2 Å². The van der Waals surface area contributed by atoms with Crippen molar-refractivity contribution in [2.75, 3.05) is 6.61 Å². The summed E-state index contributed by atoms with van der Waals surface area (Å²) in [5, 5.41) is 4.05. The van der Waals surface area contributed by atoms with Gasteiger partial charge in [-0.1, -0.05) is 0 Å². The molecule has 2 rings (SSSR count). The van der Waals surface area contributed by atoms with Crippen molar-refractivity contribution in [3.8, 4) is 5.75 Å². The smallest absolute Gasteiger partial charge is 0.170 e. The fourth-order valence-corrected chi connectivity index (χ4v) is 1.84. The molecule has 2 aromatic rings. The second kappa shape index (κ2) is 6.13. The third-order valence-corrected chi connectivity index (χ3v) is 2.80. The molecule has 0 spiro atoms. The highest BCUT2D eigenvalue weighted by molar-refractivity contribution is 5.97. The highest BCUT2D eigenvalue weighted by Crippen LogP contribution is 2.13. The molecule has 0 saturated carbocycles. The summed E-state index contributed by atoms with van der Waals surface area (Å²) in [6.45, 7) is 5.23. The molecule has 0 aliphatic rings. The number of Topliss-reactive ketones (excluding diaryl/α,β-unsaturated/α-hetero) is 1. The van der Waals surface area contributed by atoms with E-state index in [0.29, 0.717) is 24.5 Å². The lowest BCUT2D eigenvalue weighted by molar-refractivity contribution is 0.0989.